The Kier molecular flexibility index (Phi) is 5.71. The molecule has 0 unspecified atom stereocenters. The summed E-state index contributed by atoms with van der Waals surface area (Å²) in [6, 6.07) is 21.5. The molecule has 0 saturated carbocycles. The average molecular weight is 414 g/mol. The molecule has 4 aromatic rings. The van der Waals surface area contributed by atoms with Crippen molar-refractivity contribution in [1.82, 2.24) is 5.43 Å². The summed E-state index contributed by atoms with van der Waals surface area (Å²) in [5.41, 5.74) is 3.88. The fourth-order valence-electron chi connectivity index (χ4n) is 3.62. The predicted molar refractivity (Wildman–Crippen MR) is 123 cm³/mol. The zero-order valence-electron chi connectivity index (χ0n) is 17.5. The zero-order valence-corrected chi connectivity index (χ0v) is 17.5. The number of amides is 1. The van der Waals surface area contributed by atoms with Gasteiger partial charge in [-0.05, 0) is 39.7 Å². The fraction of sp³-hybridized carbons (Fsp3) is 0.120. The molecule has 0 saturated heterocycles. The lowest BCUT2D eigenvalue weighted by atomic mass is 9.97. The highest BCUT2D eigenvalue weighted by Crippen LogP contribution is 2.38. The highest BCUT2D eigenvalue weighted by atomic mass is 16.5. The summed E-state index contributed by atoms with van der Waals surface area (Å²) in [4.78, 5) is 12.7. The van der Waals surface area contributed by atoms with Crippen molar-refractivity contribution in [2.45, 2.75) is 0 Å². The molecule has 0 fully saturated rings. The monoisotopic (exact) mass is 414 g/mol. The van der Waals surface area contributed by atoms with Crippen molar-refractivity contribution < 1.29 is 19.0 Å². The van der Waals surface area contributed by atoms with E-state index in [1.807, 2.05) is 36.4 Å². The highest BCUT2D eigenvalue weighted by molar-refractivity contribution is 6.13. The molecule has 0 aromatic heterocycles. The number of hydrogen-bond acceptors (Lipinski definition) is 5. The Bertz CT molecular complexity index is 1220. The summed E-state index contributed by atoms with van der Waals surface area (Å²) in [7, 11) is 4.52. The van der Waals surface area contributed by atoms with Gasteiger partial charge in [-0.1, -0.05) is 48.5 Å². The Labute approximate surface area is 180 Å². The first kappa shape index (κ1) is 20.2. The molecule has 1 amide bonds. The SMILES string of the molecule is COc1cc(C(=O)N/N=C\c2c3ccccc3cc3ccccc23)cc(OC)c1OC. The van der Waals surface area contributed by atoms with Crippen LogP contribution in [0.1, 0.15) is 15.9 Å². The van der Waals surface area contributed by atoms with Crippen LogP contribution in [0.3, 0.4) is 0 Å². The summed E-state index contributed by atoms with van der Waals surface area (Å²) < 4.78 is 15.9. The van der Waals surface area contributed by atoms with Gasteiger partial charge in [-0.3, -0.25) is 4.79 Å². The lowest BCUT2D eigenvalue weighted by Crippen LogP contribution is -2.18. The van der Waals surface area contributed by atoms with Crippen molar-refractivity contribution in [2.24, 2.45) is 5.10 Å². The molecule has 0 radical (unpaired) electrons. The molecule has 6 nitrogen and oxygen atoms in total. The number of benzene rings is 4. The Balaban J connectivity index is 1.68. The third-order valence-corrected chi connectivity index (χ3v) is 5.10. The standard InChI is InChI=1S/C25H22N2O4/c1-29-22-13-18(14-23(30-2)24(22)31-3)25(28)27-26-15-21-19-10-6-4-8-16(19)12-17-9-5-7-11-20(17)21/h4-15H,1-3H3,(H,27,28)/b26-15-. The van der Waals surface area contributed by atoms with Gasteiger partial charge >= 0.3 is 0 Å². The quantitative estimate of drug-likeness (QED) is 0.280. The summed E-state index contributed by atoms with van der Waals surface area (Å²) in [5, 5.41) is 8.58. The first-order valence-corrected chi connectivity index (χ1v) is 9.70. The Morgan fingerprint density at radius 1 is 0.806 bits per heavy atom. The van der Waals surface area contributed by atoms with E-state index in [-0.39, 0.29) is 5.91 Å². The van der Waals surface area contributed by atoms with Gasteiger partial charge in [0.25, 0.3) is 5.91 Å². The largest absolute Gasteiger partial charge is 0.493 e. The molecule has 0 spiro atoms. The minimum Gasteiger partial charge on any atom is -0.493 e. The van der Waals surface area contributed by atoms with Gasteiger partial charge in [0, 0.05) is 11.1 Å². The lowest BCUT2D eigenvalue weighted by molar-refractivity contribution is 0.0954. The van der Waals surface area contributed by atoms with Crippen LogP contribution in [0.4, 0.5) is 0 Å². The number of methoxy groups -OCH3 is 3. The Morgan fingerprint density at radius 3 is 1.87 bits per heavy atom. The van der Waals surface area contributed by atoms with Crippen LogP contribution >= 0.6 is 0 Å². The number of nitrogens with zero attached hydrogens (tertiary/aromatic N) is 1. The third kappa shape index (κ3) is 3.88. The Hall–Kier alpha value is -4.06. The number of fused-ring (bicyclic) bond motifs is 2. The second-order valence-electron chi connectivity index (χ2n) is 6.85. The normalized spacial score (nSPS) is 11.1. The van der Waals surface area contributed by atoms with Gasteiger partial charge in [0.1, 0.15) is 0 Å². The summed E-state index contributed by atoms with van der Waals surface area (Å²) in [5.74, 6) is 0.833. The number of nitrogens with one attached hydrogen (secondary N) is 1. The van der Waals surface area contributed by atoms with Crippen LogP contribution in [0.25, 0.3) is 21.5 Å². The maximum absolute atomic E-state index is 12.7. The van der Waals surface area contributed by atoms with Crippen molar-refractivity contribution in [3.8, 4) is 17.2 Å². The number of rotatable bonds is 6. The van der Waals surface area contributed by atoms with E-state index in [0.29, 0.717) is 22.8 Å². The molecule has 0 heterocycles. The van der Waals surface area contributed by atoms with E-state index in [1.165, 1.54) is 21.3 Å². The fourth-order valence-corrected chi connectivity index (χ4v) is 3.62. The van der Waals surface area contributed by atoms with E-state index in [4.69, 9.17) is 14.2 Å². The molecular weight excluding hydrogens is 392 g/mol. The minimum absolute atomic E-state index is 0.342. The van der Waals surface area contributed by atoms with Gasteiger partial charge in [-0.2, -0.15) is 5.10 Å². The maximum Gasteiger partial charge on any atom is 0.271 e. The van der Waals surface area contributed by atoms with Gasteiger partial charge in [0.15, 0.2) is 11.5 Å². The zero-order chi connectivity index (χ0) is 21.8. The van der Waals surface area contributed by atoms with Gasteiger partial charge in [0.05, 0.1) is 27.5 Å². The van der Waals surface area contributed by atoms with Crippen molar-refractivity contribution in [3.63, 3.8) is 0 Å². The van der Waals surface area contributed by atoms with E-state index in [9.17, 15) is 4.79 Å². The number of hydrogen-bond donors (Lipinski definition) is 1. The molecule has 0 aliphatic carbocycles. The lowest BCUT2D eigenvalue weighted by Gasteiger charge is -2.13. The van der Waals surface area contributed by atoms with E-state index < -0.39 is 0 Å². The predicted octanol–water partition coefficient (Wildman–Crippen LogP) is 4.78. The molecule has 4 aromatic carbocycles. The smallest absolute Gasteiger partial charge is 0.271 e. The molecule has 0 aliphatic heterocycles. The van der Waals surface area contributed by atoms with Crippen LogP contribution in [-0.4, -0.2) is 33.5 Å². The number of carbonyl (C=O) groups is 1. The van der Waals surface area contributed by atoms with Gasteiger partial charge in [-0.25, -0.2) is 5.43 Å². The molecule has 0 atom stereocenters. The summed E-state index contributed by atoms with van der Waals surface area (Å²) >= 11 is 0. The summed E-state index contributed by atoms with van der Waals surface area (Å²) in [6.45, 7) is 0. The maximum atomic E-state index is 12.7. The second kappa shape index (κ2) is 8.75. The van der Waals surface area contributed by atoms with Crippen LogP contribution < -0.4 is 19.6 Å². The molecule has 1 N–H and O–H groups in total. The average Bonchev–Trinajstić information content (AvgIpc) is 2.82. The highest BCUT2D eigenvalue weighted by Gasteiger charge is 2.16. The second-order valence-corrected chi connectivity index (χ2v) is 6.85. The minimum atomic E-state index is -0.389. The Morgan fingerprint density at radius 2 is 1.35 bits per heavy atom. The van der Waals surface area contributed by atoms with Crippen LogP contribution in [0, 0.1) is 0 Å². The van der Waals surface area contributed by atoms with E-state index >= 15 is 0 Å². The topological polar surface area (TPSA) is 69.2 Å². The van der Waals surface area contributed by atoms with Crippen LogP contribution in [-0.2, 0) is 0 Å². The van der Waals surface area contributed by atoms with E-state index in [1.54, 1.807) is 18.3 Å². The molecule has 31 heavy (non-hydrogen) atoms. The number of ether oxygens (including phenoxy) is 3. The van der Waals surface area contributed by atoms with Crippen LogP contribution in [0.15, 0.2) is 71.8 Å². The first-order valence-electron chi connectivity index (χ1n) is 9.70. The number of hydrazone groups is 1. The third-order valence-electron chi connectivity index (χ3n) is 5.10. The number of carbonyl (C=O) groups excluding carboxylic acids is 1. The van der Waals surface area contributed by atoms with Crippen molar-refractivity contribution in [2.75, 3.05) is 21.3 Å². The van der Waals surface area contributed by atoms with E-state index in [0.717, 1.165) is 27.1 Å². The molecule has 156 valence electrons. The first-order chi connectivity index (χ1) is 15.2. The van der Waals surface area contributed by atoms with Crippen molar-refractivity contribution >= 4 is 33.7 Å². The molecule has 0 bridgehead atoms. The van der Waals surface area contributed by atoms with Gasteiger partial charge in [-0.15, -0.1) is 0 Å². The molecule has 0 aliphatic rings. The molecule has 6 heteroatoms. The molecule has 4 rings (SSSR count). The van der Waals surface area contributed by atoms with Crippen LogP contribution in [0.2, 0.25) is 0 Å². The van der Waals surface area contributed by atoms with Crippen LogP contribution in [0.5, 0.6) is 17.2 Å². The van der Waals surface area contributed by atoms with E-state index in [2.05, 4.69) is 28.7 Å². The van der Waals surface area contributed by atoms with Crippen molar-refractivity contribution in [1.29, 1.82) is 0 Å². The molecular formula is C25H22N2O4. The van der Waals surface area contributed by atoms with Gasteiger partial charge < -0.3 is 14.2 Å². The van der Waals surface area contributed by atoms with Crippen molar-refractivity contribution in [3.05, 3.63) is 77.9 Å². The van der Waals surface area contributed by atoms with Gasteiger partial charge in [0.2, 0.25) is 5.75 Å². The summed E-state index contributed by atoms with van der Waals surface area (Å²) in [6.07, 6.45) is 1.68.